The first kappa shape index (κ1) is 14.1. The summed E-state index contributed by atoms with van der Waals surface area (Å²) in [4.78, 5) is 0. The molecule has 0 saturated heterocycles. The zero-order valence-electron chi connectivity index (χ0n) is 11.5. The summed E-state index contributed by atoms with van der Waals surface area (Å²) in [5.41, 5.74) is 0.244. The summed E-state index contributed by atoms with van der Waals surface area (Å²) < 4.78 is 1.70. The molecule has 0 aliphatic carbocycles. The fourth-order valence-corrected chi connectivity index (χ4v) is 1.31. The Kier molecular flexibility index (Phi) is 4.27. The molecule has 1 aromatic heterocycles. The number of rotatable bonds is 5. The van der Waals surface area contributed by atoms with Gasteiger partial charge in [-0.05, 0) is 34.1 Å². The summed E-state index contributed by atoms with van der Waals surface area (Å²) in [5, 5.41) is 21.4. The number of nitrogens with one attached hydrogen (secondary N) is 1. The third kappa shape index (κ3) is 5.28. The van der Waals surface area contributed by atoms with E-state index in [9.17, 15) is 5.11 Å². The van der Waals surface area contributed by atoms with Gasteiger partial charge in [0.15, 0.2) is 0 Å². The molecular formula is C12H24N4O. The summed E-state index contributed by atoms with van der Waals surface area (Å²) in [5.74, 6) is 0. The summed E-state index contributed by atoms with van der Waals surface area (Å²) in [6, 6.07) is 0. The monoisotopic (exact) mass is 240 g/mol. The van der Waals surface area contributed by atoms with Crippen LogP contribution in [0, 0.1) is 0 Å². The van der Waals surface area contributed by atoms with Gasteiger partial charge in [0.05, 0.1) is 17.8 Å². The van der Waals surface area contributed by atoms with Gasteiger partial charge < -0.3 is 10.4 Å². The Balaban J connectivity index is 2.54. The molecule has 98 valence electrons. The average Bonchev–Trinajstić information content (AvgIpc) is 2.61. The number of nitrogens with zero attached hydrogens (tertiary/aromatic N) is 3. The first-order valence-electron chi connectivity index (χ1n) is 6.08. The number of aromatic nitrogens is 3. The van der Waals surface area contributed by atoms with Crippen LogP contribution in [0.1, 0.15) is 46.7 Å². The molecule has 2 N–H and O–H groups in total. The van der Waals surface area contributed by atoms with Gasteiger partial charge in [-0.3, -0.25) is 0 Å². The smallest absolute Gasteiger partial charge is 0.0965 e. The van der Waals surface area contributed by atoms with Crippen molar-refractivity contribution in [1.29, 1.82) is 0 Å². The van der Waals surface area contributed by atoms with Gasteiger partial charge in [0.1, 0.15) is 0 Å². The van der Waals surface area contributed by atoms with Crippen LogP contribution in [0.4, 0.5) is 0 Å². The Labute approximate surface area is 103 Å². The van der Waals surface area contributed by atoms with E-state index in [4.69, 9.17) is 0 Å². The van der Waals surface area contributed by atoms with Crippen LogP contribution >= 0.6 is 0 Å². The third-order valence-electron chi connectivity index (χ3n) is 2.65. The molecule has 0 aliphatic rings. The van der Waals surface area contributed by atoms with E-state index in [0.717, 1.165) is 5.69 Å². The molecule has 0 radical (unpaired) electrons. The second-order valence-electron chi connectivity index (χ2n) is 5.86. The van der Waals surface area contributed by atoms with Crippen molar-refractivity contribution in [2.75, 3.05) is 0 Å². The van der Waals surface area contributed by atoms with E-state index in [1.165, 1.54) is 0 Å². The standard InChI is InChI=1S/C12H24N4O/c1-6-12(5,17)9-16-8-10(14-15-16)7-13-11(2,3)4/h8,13,17H,6-7,9H2,1-5H3. The van der Waals surface area contributed by atoms with E-state index in [2.05, 4.69) is 36.4 Å². The highest BCUT2D eigenvalue weighted by molar-refractivity contribution is 4.93. The second kappa shape index (κ2) is 5.14. The maximum Gasteiger partial charge on any atom is 0.0965 e. The van der Waals surface area contributed by atoms with E-state index >= 15 is 0 Å². The molecule has 0 aromatic carbocycles. The molecule has 5 heteroatoms. The fraction of sp³-hybridized carbons (Fsp3) is 0.833. The number of hydrogen-bond donors (Lipinski definition) is 2. The van der Waals surface area contributed by atoms with Gasteiger partial charge in [-0.15, -0.1) is 5.10 Å². The molecule has 0 aliphatic heterocycles. The van der Waals surface area contributed by atoms with Crippen LogP contribution in [-0.4, -0.2) is 31.2 Å². The zero-order valence-corrected chi connectivity index (χ0v) is 11.5. The highest BCUT2D eigenvalue weighted by Gasteiger charge is 2.19. The second-order valence-corrected chi connectivity index (χ2v) is 5.86. The molecule has 0 fully saturated rings. The highest BCUT2D eigenvalue weighted by Crippen LogP contribution is 2.11. The Bertz CT molecular complexity index is 352. The number of hydrogen-bond acceptors (Lipinski definition) is 4. The van der Waals surface area contributed by atoms with E-state index in [1.54, 1.807) is 4.68 Å². The molecule has 1 heterocycles. The van der Waals surface area contributed by atoms with Crippen molar-refractivity contribution in [3.8, 4) is 0 Å². The van der Waals surface area contributed by atoms with Crippen LogP contribution in [-0.2, 0) is 13.1 Å². The van der Waals surface area contributed by atoms with E-state index < -0.39 is 5.60 Å². The van der Waals surface area contributed by atoms with E-state index in [1.807, 2.05) is 20.0 Å². The zero-order chi connectivity index (χ0) is 13.1. The third-order valence-corrected chi connectivity index (χ3v) is 2.65. The molecule has 5 nitrogen and oxygen atoms in total. The van der Waals surface area contributed by atoms with E-state index in [0.29, 0.717) is 19.5 Å². The van der Waals surface area contributed by atoms with Crippen LogP contribution in [0.25, 0.3) is 0 Å². The van der Waals surface area contributed by atoms with E-state index in [-0.39, 0.29) is 5.54 Å². The minimum Gasteiger partial charge on any atom is -0.388 e. The molecule has 0 bridgehead atoms. The van der Waals surface area contributed by atoms with Crippen molar-refractivity contribution in [1.82, 2.24) is 20.3 Å². The van der Waals surface area contributed by atoms with Crippen LogP contribution in [0.3, 0.4) is 0 Å². The SMILES string of the molecule is CCC(C)(O)Cn1cc(CNC(C)(C)C)nn1. The normalized spacial score (nSPS) is 15.9. The predicted molar refractivity (Wildman–Crippen MR) is 67.5 cm³/mol. The molecule has 1 aromatic rings. The minimum atomic E-state index is -0.720. The van der Waals surface area contributed by atoms with Gasteiger partial charge in [-0.25, -0.2) is 4.68 Å². The summed E-state index contributed by atoms with van der Waals surface area (Å²) in [7, 11) is 0. The van der Waals surface area contributed by atoms with Gasteiger partial charge >= 0.3 is 0 Å². The fourth-order valence-electron chi connectivity index (χ4n) is 1.31. The minimum absolute atomic E-state index is 0.0681. The lowest BCUT2D eigenvalue weighted by Crippen LogP contribution is -2.35. The summed E-state index contributed by atoms with van der Waals surface area (Å²) in [6.45, 7) is 11.3. The van der Waals surface area contributed by atoms with Crippen molar-refractivity contribution in [3.63, 3.8) is 0 Å². The van der Waals surface area contributed by atoms with Crippen molar-refractivity contribution >= 4 is 0 Å². The molecule has 1 unspecified atom stereocenters. The first-order chi connectivity index (χ1) is 7.72. The maximum atomic E-state index is 9.94. The van der Waals surface area contributed by atoms with Crippen molar-refractivity contribution < 1.29 is 5.11 Å². The molecule has 0 amide bonds. The molecule has 0 spiro atoms. The van der Waals surface area contributed by atoms with Gasteiger partial charge in [0.25, 0.3) is 0 Å². The Hall–Kier alpha value is -0.940. The lowest BCUT2D eigenvalue weighted by Gasteiger charge is -2.20. The first-order valence-corrected chi connectivity index (χ1v) is 6.08. The van der Waals surface area contributed by atoms with Gasteiger partial charge in [-0.1, -0.05) is 12.1 Å². The van der Waals surface area contributed by atoms with Crippen LogP contribution in [0.5, 0.6) is 0 Å². The predicted octanol–water partition coefficient (Wildman–Crippen LogP) is 1.33. The molecule has 1 rings (SSSR count). The topological polar surface area (TPSA) is 63.0 Å². The van der Waals surface area contributed by atoms with Gasteiger partial charge in [-0.2, -0.15) is 0 Å². The van der Waals surface area contributed by atoms with Gasteiger partial charge in [0.2, 0.25) is 0 Å². The Morgan fingerprint density at radius 2 is 2.00 bits per heavy atom. The van der Waals surface area contributed by atoms with Crippen LogP contribution in [0.2, 0.25) is 0 Å². The largest absolute Gasteiger partial charge is 0.388 e. The summed E-state index contributed by atoms with van der Waals surface area (Å²) >= 11 is 0. The maximum absolute atomic E-state index is 9.94. The Morgan fingerprint density at radius 3 is 2.53 bits per heavy atom. The number of aliphatic hydroxyl groups is 1. The highest BCUT2D eigenvalue weighted by atomic mass is 16.3. The quantitative estimate of drug-likeness (QED) is 0.815. The van der Waals surface area contributed by atoms with Crippen molar-refractivity contribution in [2.45, 2.75) is 65.3 Å². The molecule has 0 saturated carbocycles. The van der Waals surface area contributed by atoms with Crippen LogP contribution in [0.15, 0.2) is 6.20 Å². The Morgan fingerprint density at radius 1 is 1.35 bits per heavy atom. The van der Waals surface area contributed by atoms with Crippen LogP contribution < -0.4 is 5.32 Å². The molecular weight excluding hydrogens is 216 g/mol. The average molecular weight is 240 g/mol. The molecule has 17 heavy (non-hydrogen) atoms. The lowest BCUT2D eigenvalue weighted by molar-refractivity contribution is 0.0339. The van der Waals surface area contributed by atoms with Gasteiger partial charge in [0, 0.05) is 18.3 Å². The van der Waals surface area contributed by atoms with Crippen molar-refractivity contribution in [2.24, 2.45) is 0 Å². The van der Waals surface area contributed by atoms with Crippen molar-refractivity contribution in [3.05, 3.63) is 11.9 Å². The summed E-state index contributed by atoms with van der Waals surface area (Å²) in [6.07, 6.45) is 2.57. The lowest BCUT2D eigenvalue weighted by atomic mass is 10.0. The molecule has 1 atom stereocenters.